The van der Waals surface area contributed by atoms with Crippen LogP contribution in [0.5, 0.6) is 0 Å². The fraction of sp³-hybridized carbons (Fsp3) is 1.00. The van der Waals surface area contributed by atoms with Crippen LogP contribution in [-0.4, -0.2) is 92.3 Å². The highest BCUT2D eigenvalue weighted by Gasteiger charge is 2.63. The molecule has 9 aliphatic rings. The number of alkyl halides is 8. The zero-order chi connectivity index (χ0) is 33.2. The van der Waals surface area contributed by atoms with Gasteiger partial charge in [-0.05, 0) is 49.4 Å². The minimum atomic E-state index is -0.479. The number of fused-ring (bicyclic) bond motifs is 20. The van der Waals surface area contributed by atoms with Crippen LogP contribution in [0.4, 0.5) is 0 Å². The van der Waals surface area contributed by atoms with E-state index < -0.39 is 32.3 Å². The summed E-state index contributed by atoms with van der Waals surface area (Å²) in [5, 5.41) is 28.7. The number of rotatable bonds is 0. The highest BCUT2D eigenvalue weighted by atomic mass is 35.5. The Morgan fingerprint density at radius 1 is 0.250 bits per heavy atom. The normalized spacial score (nSPS) is 62.5. The van der Waals surface area contributed by atoms with E-state index in [0.29, 0.717) is 23.7 Å². The second kappa shape index (κ2) is 13.9. The SMILES string of the molecule is ClC1C(Cl)C(Cl)C2C3NC(NC4NC(NC5NC(NC6NC(N3)C3C(Cl)C(Cl)C(Cl)C(Cl)C63)C3CCCCC53)C3CCCCC43)C2C1Cl. The molecule has 8 nitrogen and oxygen atoms in total. The summed E-state index contributed by atoms with van der Waals surface area (Å²) in [6, 6.07) is 0. The molecule has 24 unspecified atom stereocenters. The van der Waals surface area contributed by atoms with Gasteiger partial charge in [-0.3, -0.25) is 42.5 Å². The number of nitrogens with one attached hydrogen (secondary N) is 8. The summed E-state index contributed by atoms with van der Waals surface area (Å²) in [6.45, 7) is 0. The molecule has 5 saturated heterocycles. The quantitative estimate of drug-likeness (QED) is 0.171. The maximum atomic E-state index is 7.24. The van der Waals surface area contributed by atoms with Gasteiger partial charge in [-0.1, -0.05) is 25.7 Å². The van der Waals surface area contributed by atoms with Gasteiger partial charge in [0.05, 0.1) is 92.3 Å². The first-order valence-electron chi connectivity index (χ1n) is 18.3. The largest absolute Gasteiger partial charge is 0.286 e. The molecular weight excluding hydrogens is 780 g/mol. The Morgan fingerprint density at radius 2 is 0.438 bits per heavy atom. The van der Waals surface area contributed by atoms with Crippen molar-refractivity contribution in [3.05, 3.63) is 0 Å². The van der Waals surface area contributed by atoms with E-state index in [2.05, 4.69) is 42.5 Å². The zero-order valence-electron chi connectivity index (χ0n) is 26.5. The van der Waals surface area contributed by atoms with E-state index in [0.717, 1.165) is 0 Å². The maximum absolute atomic E-state index is 7.24. The fourth-order valence-corrected chi connectivity index (χ4v) is 15.3. The van der Waals surface area contributed by atoms with Gasteiger partial charge in [0.2, 0.25) is 0 Å². The summed E-state index contributed by atoms with van der Waals surface area (Å²) in [6.07, 6.45) is 9.82. The van der Waals surface area contributed by atoms with Crippen molar-refractivity contribution < 1.29 is 0 Å². The van der Waals surface area contributed by atoms with Crippen molar-refractivity contribution in [2.75, 3.05) is 0 Å². The van der Waals surface area contributed by atoms with Gasteiger partial charge in [-0.2, -0.15) is 0 Å². The van der Waals surface area contributed by atoms with E-state index in [-0.39, 0.29) is 83.8 Å². The molecule has 9 fully saturated rings. The monoisotopic (exact) mass is 824 g/mol. The molecular formula is C32H48Cl8N8. The molecule has 4 aliphatic carbocycles. The average molecular weight is 828 g/mol. The molecule has 5 aliphatic heterocycles. The minimum absolute atomic E-state index is 0.0607. The first kappa shape index (κ1) is 35.7. The van der Waals surface area contributed by atoms with Crippen LogP contribution in [-0.2, 0) is 0 Å². The van der Waals surface area contributed by atoms with Crippen molar-refractivity contribution in [2.24, 2.45) is 47.3 Å². The fourth-order valence-electron chi connectivity index (χ4n) is 11.9. The Balaban J connectivity index is 1.10. The molecule has 0 aromatic heterocycles. The lowest BCUT2D eigenvalue weighted by Crippen LogP contribution is -2.62. The zero-order valence-corrected chi connectivity index (χ0v) is 32.6. The van der Waals surface area contributed by atoms with E-state index in [9.17, 15) is 0 Å². The van der Waals surface area contributed by atoms with Crippen molar-refractivity contribution in [3.63, 3.8) is 0 Å². The molecule has 5 heterocycles. The molecule has 0 aromatic carbocycles. The van der Waals surface area contributed by atoms with E-state index in [4.69, 9.17) is 92.8 Å². The van der Waals surface area contributed by atoms with Gasteiger partial charge >= 0.3 is 0 Å². The van der Waals surface area contributed by atoms with Gasteiger partial charge in [0.25, 0.3) is 0 Å². The summed E-state index contributed by atoms with van der Waals surface area (Å²) in [5.41, 5.74) is 0. The Hall–Kier alpha value is 2.00. The van der Waals surface area contributed by atoms with Crippen molar-refractivity contribution in [2.45, 2.75) is 144 Å². The number of halogens is 8. The summed E-state index contributed by atoms with van der Waals surface area (Å²) >= 11 is 56.6. The number of hydrogen-bond acceptors (Lipinski definition) is 8. The van der Waals surface area contributed by atoms with Gasteiger partial charge in [-0.15, -0.1) is 92.8 Å². The predicted molar refractivity (Wildman–Crippen MR) is 197 cm³/mol. The Morgan fingerprint density at radius 3 is 0.667 bits per heavy atom. The Kier molecular flexibility index (Phi) is 10.4. The molecule has 48 heavy (non-hydrogen) atoms. The predicted octanol–water partition coefficient (Wildman–Crippen LogP) is 4.34. The van der Waals surface area contributed by atoms with Crippen LogP contribution in [0.3, 0.4) is 0 Å². The van der Waals surface area contributed by atoms with Crippen LogP contribution in [0.15, 0.2) is 0 Å². The van der Waals surface area contributed by atoms with Crippen molar-refractivity contribution >= 4 is 92.8 Å². The highest BCUT2D eigenvalue weighted by molar-refractivity contribution is 6.39. The molecule has 24 atom stereocenters. The highest BCUT2D eigenvalue weighted by Crippen LogP contribution is 2.51. The van der Waals surface area contributed by atoms with Gasteiger partial charge in [0, 0.05) is 23.7 Å². The molecule has 8 bridgehead atoms. The average Bonchev–Trinajstić information content (AvgIpc) is 3.83. The summed E-state index contributed by atoms with van der Waals surface area (Å²) in [5.74, 6) is 1.80. The van der Waals surface area contributed by atoms with Crippen LogP contribution in [0.2, 0.25) is 0 Å². The second-order valence-corrected chi connectivity index (χ2v) is 20.3. The van der Waals surface area contributed by atoms with Gasteiger partial charge in [-0.25, -0.2) is 0 Å². The lowest BCUT2D eigenvalue weighted by atomic mass is 9.75. The summed E-state index contributed by atoms with van der Waals surface area (Å²) in [7, 11) is 0. The van der Waals surface area contributed by atoms with Crippen LogP contribution < -0.4 is 42.5 Å². The third-order valence-electron chi connectivity index (χ3n) is 14.1. The first-order valence-corrected chi connectivity index (χ1v) is 21.8. The molecule has 0 aromatic rings. The van der Waals surface area contributed by atoms with E-state index >= 15 is 0 Å². The standard InChI is InChI=1S/C32H48Cl8N8/c33-17-13-15(19(35)23(39)21(17)37)31-46-29(13)44-27-11-7-3-1-5-9(11)25(42-27)41-26-10-6-2-4-8-12(10)28(43-26)45-30-14-16(32(47-30)48-31)20(36)24(40)22(38)18(14)34/h9-32,41-48H,1-8H2. The Bertz CT molecular complexity index is 1110. The molecule has 0 amide bonds. The third-order valence-corrected chi connectivity index (χ3v) is 19.3. The van der Waals surface area contributed by atoms with Gasteiger partial charge in [0.1, 0.15) is 0 Å². The van der Waals surface area contributed by atoms with E-state index in [1.807, 2.05) is 0 Å². The van der Waals surface area contributed by atoms with Crippen LogP contribution >= 0.6 is 92.8 Å². The lowest BCUT2D eigenvalue weighted by molar-refractivity contribution is 0.172. The smallest absolute Gasteiger partial charge is 0.0681 e. The number of hydrogen-bond donors (Lipinski definition) is 8. The van der Waals surface area contributed by atoms with Crippen LogP contribution in [0, 0.1) is 47.3 Å². The maximum Gasteiger partial charge on any atom is 0.0681 e. The van der Waals surface area contributed by atoms with E-state index in [1.165, 1.54) is 51.4 Å². The van der Waals surface area contributed by atoms with E-state index in [1.54, 1.807) is 0 Å². The Labute approximate surface area is 324 Å². The second-order valence-electron chi connectivity index (χ2n) is 16.2. The lowest BCUT2D eigenvalue weighted by Gasteiger charge is -2.45. The van der Waals surface area contributed by atoms with Crippen LogP contribution in [0.25, 0.3) is 0 Å². The minimum Gasteiger partial charge on any atom is -0.286 e. The molecule has 0 spiro atoms. The summed E-state index contributed by atoms with van der Waals surface area (Å²) < 4.78 is 0. The third kappa shape index (κ3) is 5.73. The molecule has 0 radical (unpaired) electrons. The van der Waals surface area contributed by atoms with Crippen molar-refractivity contribution in [1.82, 2.24) is 42.5 Å². The molecule has 9 rings (SSSR count). The van der Waals surface area contributed by atoms with Gasteiger partial charge in [0.15, 0.2) is 0 Å². The molecule has 8 N–H and O–H groups in total. The van der Waals surface area contributed by atoms with Crippen LogP contribution in [0.1, 0.15) is 51.4 Å². The van der Waals surface area contributed by atoms with Gasteiger partial charge < -0.3 is 0 Å². The first-order chi connectivity index (χ1) is 23.1. The van der Waals surface area contributed by atoms with Crippen molar-refractivity contribution in [3.8, 4) is 0 Å². The molecule has 16 heteroatoms. The topological polar surface area (TPSA) is 96.2 Å². The molecule has 4 saturated carbocycles. The molecule has 272 valence electrons. The summed E-state index contributed by atoms with van der Waals surface area (Å²) in [4.78, 5) is 0. The van der Waals surface area contributed by atoms with Crippen molar-refractivity contribution in [1.29, 1.82) is 0 Å².